The third kappa shape index (κ3) is 6.28. The number of benzene rings is 1. The number of hydrogen-bond donors (Lipinski definition) is 1. The number of nitrogens with one attached hydrogen (secondary N) is 1. The number of carbonyl (C=O) groups excluding carboxylic acids is 2. The first-order valence-electron chi connectivity index (χ1n) is 11.1. The Kier molecular flexibility index (Phi) is 9.20. The Morgan fingerprint density at radius 1 is 1.09 bits per heavy atom. The highest BCUT2D eigenvalue weighted by Gasteiger charge is 2.28. The van der Waals surface area contributed by atoms with Crippen molar-refractivity contribution in [3.8, 4) is 0 Å². The molecule has 1 unspecified atom stereocenters. The zero-order valence-electron chi connectivity index (χ0n) is 20.1. The summed E-state index contributed by atoms with van der Waals surface area (Å²) in [6.07, 6.45) is 0. The van der Waals surface area contributed by atoms with Gasteiger partial charge in [-0.2, -0.15) is 4.31 Å². The average molecular weight is 468 g/mol. The van der Waals surface area contributed by atoms with Crippen molar-refractivity contribution in [3.63, 3.8) is 0 Å². The van der Waals surface area contributed by atoms with E-state index >= 15 is 0 Å². The average Bonchev–Trinajstić information content (AvgIpc) is 2.75. The molecule has 0 radical (unpaired) electrons. The van der Waals surface area contributed by atoms with E-state index in [1.165, 1.54) is 4.31 Å². The normalized spacial score (nSPS) is 16.7. The summed E-state index contributed by atoms with van der Waals surface area (Å²) in [5.41, 5.74) is 1.11. The molecule has 0 aromatic heterocycles. The number of anilines is 1. The van der Waals surface area contributed by atoms with E-state index in [4.69, 9.17) is 0 Å². The van der Waals surface area contributed by atoms with Crippen molar-refractivity contribution < 1.29 is 18.0 Å². The van der Waals surface area contributed by atoms with E-state index in [9.17, 15) is 18.0 Å². The molecule has 0 spiro atoms. The second-order valence-corrected chi connectivity index (χ2v) is 10.2. The molecule has 1 aromatic rings. The number of rotatable bonds is 9. The SMILES string of the molecule is CCN(CC)S(=O)(=O)c1cc(NC(=O)C(C)N2CCN(CC(=O)N(C)C)CC2)ccc1C. The number of hydrogen-bond acceptors (Lipinski definition) is 6. The molecule has 1 fully saturated rings. The summed E-state index contributed by atoms with van der Waals surface area (Å²) in [5.74, 6) is -0.114. The molecule has 2 amide bonds. The van der Waals surface area contributed by atoms with Crippen LogP contribution in [0.25, 0.3) is 0 Å². The van der Waals surface area contributed by atoms with E-state index in [0.29, 0.717) is 57.1 Å². The Bertz CT molecular complexity index is 907. The first-order valence-corrected chi connectivity index (χ1v) is 12.5. The lowest BCUT2D eigenvalue weighted by Gasteiger charge is -2.37. The number of amides is 2. The first-order chi connectivity index (χ1) is 15.0. The van der Waals surface area contributed by atoms with Gasteiger partial charge in [0.15, 0.2) is 0 Å². The molecule has 1 saturated heterocycles. The number of piperazine rings is 1. The van der Waals surface area contributed by atoms with Crippen molar-refractivity contribution in [2.45, 2.75) is 38.6 Å². The molecular formula is C22H37N5O4S. The van der Waals surface area contributed by atoms with Gasteiger partial charge in [-0.25, -0.2) is 8.42 Å². The molecule has 9 nitrogen and oxygen atoms in total. The van der Waals surface area contributed by atoms with Crippen molar-refractivity contribution in [1.29, 1.82) is 0 Å². The minimum absolute atomic E-state index is 0.0686. The van der Waals surface area contributed by atoms with Crippen LogP contribution in [0, 0.1) is 6.92 Å². The fourth-order valence-corrected chi connectivity index (χ4v) is 5.42. The summed E-state index contributed by atoms with van der Waals surface area (Å²) in [4.78, 5) is 30.7. The van der Waals surface area contributed by atoms with Crippen molar-refractivity contribution in [1.82, 2.24) is 19.0 Å². The van der Waals surface area contributed by atoms with Crippen LogP contribution in [0.4, 0.5) is 5.69 Å². The lowest BCUT2D eigenvalue weighted by Crippen LogP contribution is -2.54. The fourth-order valence-electron chi connectivity index (χ4n) is 3.71. The summed E-state index contributed by atoms with van der Waals surface area (Å²) in [7, 11) is -0.129. The van der Waals surface area contributed by atoms with Crippen LogP contribution in [-0.2, 0) is 19.6 Å². The number of carbonyl (C=O) groups is 2. The summed E-state index contributed by atoms with van der Waals surface area (Å²) in [6.45, 7) is 11.2. The first kappa shape index (κ1) is 26.2. The molecule has 2 rings (SSSR count). The third-order valence-corrected chi connectivity index (χ3v) is 8.16. The Morgan fingerprint density at radius 2 is 1.69 bits per heavy atom. The number of likely N-dealkylation sites (N-methyl/N-ethyl adjacent to an activating group) is 1. The predicted octanol–water partition coefficient (Wildman–Crippen LogP) is 1.06. The predicted molar refractivity (Wildman–Crippen MR) is 126 cm³/mol. The van der Waals surface area contributed by atoms with Crippen molar-refractivity contribution in [2.24, 2.45) is 0 Å². The van der Waals surface area contributed by atoms with E-state index in [-0.39, 0.29) is 22.8 Å². The van der Waals surface area contributed by atoms with Crippen LogP contribution in [0.1, 0.15) is 26.3 Å². The van der Waals surface area contributed by atoms with Crippen molar-refractivity contribution in [3.05, 3.63) is 23.8 Å². The van der Waals surface area contributed by atoms with Crippen LogP contribution in [0.3, 0.4) is 0 Å². The molecule has 1 atom stereocenters. The second kappa shape index (κ2) is 11.2. The van der Waals surface area contributed by atoms with Crippen molar-refractivity contribution >= 4 is 27.5 Å². The Morgan fingerprint density at radius 3 is 2.22 bits per heavy atom. The topological polar surface area (TPSA) is 93.3 Å². The largest absolute Gasteiger partial charge is 0.348 e. The molecule has 0 saturated carbocycles. The highest BCUT2D eigenvalue weighted by Crippen LogP contribution is 2.24. The highest BCUT2D eigenvalue weighted by atomic mass is 32.2. The monoisotopic (exact) mass is 467 g/mol. The molecule has 10 heteroatoms. The summed E-state index contributed by atoms with van der Waals surface area (Å²) in [6, 6.07) is 4.62. The van der Waals surface area contributed by atoms with Gasteiger partial charge in [-0.05, 0) is 31.5 Å². The molecule has 1 aliphatic rings. The molecule has 0 bridgehead atoms. The van der Waals surface area contributed by atoms with Gasteiger partial charge in [0.25, 0.3) is 0 Å². The van der Waals surface area contributed by atoms with Crippen LogP contribution in [0.15, 0.2) is 23.1 Å². The van der Waals surface area contributed by atoms with E-state index in [1.54, 1.807) is 58.0 Å². The van der Waals surface area contributed by atoms with Gasteiger partial charge in [-0.15, -0.1) is 0 Å². The number of nitrogens with zero attached hydrogens (tertiary/aromatic N) is 4. The molecule has 1 N–H and O–H groups in total. The Balaban J connectivity index is 2.03. The number of aryl methyl sites for hydroxylation is 1. The lowest BCUT2D eigenvalue weighted by atomic mass is 10.2. The summed E-state index contributed by atoms with van der Waals surface area (Å²) >= 11 is 0. The Labute approximate surface area is 192 Å². The zero-order valence-corrected chi connectivity index (χ0v) is 20.9. The summed E-state index contributed by atoms with van der Waals surface area (Å²) in [5, 5.41) is 2.87. The van der Waals surface area contributed by atoms with Gasteiger partial charge < -0.3 is 10.2 Å². The quantitative estimate of drug-likeness (QED) is 0.584. The van der Waals surface area contributed by atoms with E-state index in [2.05, 4.69) is 15.1 Å². The van der Waals surface area contributed by atoms with Gasteiger partial charge in [0, 0.05) is 59.1 Å². The summed E-state index contributed by atoms with van der Waals surface area (Å²) < 4.78 is 27.3. The van der Waals surface area contributed by atoms with Crippen LogP contribution < -0.4 is 5.32 Å². The fraction of sp³-hybridized carbons (Fsp3) is 0.636. The van der Waals surface area contributed by atoms with Crippen LogP contribution >= 0.6 is 0 Å². The van der Waals surface area contributed by atoms with Crippen LogP contribution in [-0.4, -0.2) is 105 Å². The second-order valence-electron chi connectivity index (χ2n) is 8.34. The maximum absolute atomic E-state index is 13.0. The van der Waals surface area contributed by atoms with E-state index < -0.39 is 10.0 Å². The standard InChI is InChI=1S/C22H37N5O4S/c1-7-27(8-2)32(30,31)20-15-19(10-9-17(20)3)23-22(29)18(4)26-13-11-25(12-14-26)16-21(28)24(5)6/h9-10,15,18H,7-8,11-14,16H2,1-6H3,(H,23,29). The zero-order chi connectivity index (χ0) is 24.1. The van der Waals surface area contributed by atoms with Gasteiger partial charge in [-0.3, -0.25) is 19.4 Å². The molecule has 1 aliphatic heterocycles. The smallest absolute Gasteiger partial charge is 0.243 e. The molecule has 1 aromatic carbocycles. The van der Waals surface area contributed by atoms with Crippen molar-refractivity contribution in [2.75, 3.05) is 65.2 Å². The minimum Gasteiger partial charge on any atom is -0.348 e. The van der Waals surface area contributed by atoms with Gasteiger partial charge >= 0.3 is 0 Å². The van der Waals surface area contributed by atoms with Gasteiger partial charge in [0.1, 0.15) is 0 Å². The van der Waals surface area contributed by atoms with Gasteiger partial charge in [0.05, 0.1) is 17.5 Å². The van der Waals surface area contributed by atoms with Crippen LogP contribution in [0.2, 0.25) is 0 Å². The Hall–Kier alpha value is -2.01. The third-order valence-electron chi connectivity index (χ3n) is 5.97. The molecular weight excluding hydrogens is 430 g/mol. The van der Waals surface area contributed by atoms with E-state index in [1.807, 2.05) is 6.92 Å². The van der Waals surface area contributed by atoms with Gasteiger partial charge in [-0.1, -0.05) is 19.9 Å². The molecule has 1 heterocycles. The molecule has 32 heavy (non-hydrogen) atoms. The van der Waals surface area contributed by atoms with Gasteiger partial charge in [0.2, 0.25) is 21.8 Å². The maximum atomic E-state index is 13.0. The van der Waals surface area contributed by atoms with E-state index in [0.717, 1.165) is 0 Å². The molecule has 180 valence electrons. The molecule has 0 aliphatic carbocycles. The maximum Gasteiger partial charge on any atom is 0.243 e. The minimum atomic E-state index is -3.62. The number of sulfonamides is 1. The van der Waals surface area contributed by atoms with Crippen LogP contribution in [0.5, 0.6) is 0 Å². The highest BCUT2D eigenvalue weighted by molar-refractivity contribution is 7.89. The lowest BCUT2D eigenvalue weighted by molar-refractivity contribution is -0.131.